The van der Waals surface area contributed by atoms with Crippen LogP contribution in [0.1, 0.15) is 43.7 Å². The maximum Gasteiger partial charge on any atom is 0.131 e. The number of hydrogen-bond acceptors (Lipinski definition) is 3. The van der Waals surface area contributed by atoms with E-state index in [1.54, 1.807) is 0 Å². The SMILES string of the molecule is Cc1cc(OC(C)C)c(C2CC2)cc1Nc1ccc2cccc(Cl)c2n1. The van der Waals surface area contributed by atoms with Crippen LogP contribution in [-0.2, 0) is 0 Å². The third kappa shape index (κ3) is 3.49. The summed E-state index contributed by atoms with van der Waals surface area (Å²) >= 11 is 6.30. The van der Waals surface area contributed by atoms with Crippen LogP contribution in [0.4, 0.5) is 11.5 Å². The van der Waals surface area contributed by atoms with E-state index in [0.717, 1.165) is 33.7 Å². The molecule has 1 saturated carbocycles. The van der Waals surface area contributed by atoms with Gasteiger partial charge in [-0.15, -0.1) is 0 Å². The second-order valence-corrected chi connectivity index (χ2v) is 7.69. The van der Waals surface area contributed by atoms with Gasteiger partial charge in [0.05, 0.1) is 16.6 Å². The molecule has 0 unspecified atom stereocenters. The molecule has 26 heavy (non-hydrogen) atoms. The average molecular weight is 367 g/mol. The number of benzene rings is 2. The minimum Gasteiger partial charge on any atom is -0.491 e. The van der Waals surface area contributed by atoms with Crippen LogP contribution < -0.4 is 10.1 Å². The van der Waals surface area contributed by atoms with Gasteiger partial charge in [0.25, 0.3) is 0 Å². The van der Waals surface area contributed by atoms with Crippen molar-refractivity contribution >= 4 is 34.0 Å². The van der Waals surface area contributed by atoms with Gasteiger partial charge in [0.1, 0.15) is 11.6 Å². The summed E-state index contributed by atoms with van der Waals surface area (Å²) in [5.41, 5.74) is 4.33. The van der Waals surface area contributed by atoms with E-state index in [4.69, 9.17) is 21.3 Å². The summed E-state index contributed by atoms with van der Waals surface area (Å²) in [6, 6.07) is 14.2. The van der Waals surface area contributed by atoms with E-state index < -0.39 is 0 Å². The summed E-state index contributed by atoms with van der Waals surface area (Å²) in [4.78, 5) is 4.70. The van der Waals surface area contributed by atoms with Gasteiger partial charge in [0.15, 0.2) is 0 Å². The highest BCUT2D eigenvalue weighted by molar-refractivity contribution is 6.35. The number of rotatable bonds is 5. The standard InChI is InChI=1S/C22H23ClN2O/c1-13(2)26-20-11-14(3)19(12-17(20)15-7-8-15)24-21-10-9-16-5-4-6-18(23)22(16)25-21/h4-6,9-13,15H,7-8H2,1-3H3,(H,24,25). The lowest BCUT2D eigenvalue weighted by Gasteiger charge is -2.18. The molecule has 0 aliphatic heterocycles. The summed E-state index contributed by atoms with van der Waals surface area (Å²) in [5.74, 6) is 2.43. The maximum atomic E-state index is 6.30. The van der Waals surface area contributed by atoms with E-state index in [0.29, 0.717) is 10.9 Å². The van der Waals surface area contributed by atoms with Crippen molar-refractivity contribution in [2.45, 2.75) is 45.6 Å². The fourth-order valence-electron chi connectivity index (χ4n) is 3.22. The van der Waals surface area contributed by atoms with E-state index >= 15 is 0 Å². The summed E-state index contributed by atoms with van der Waals surface area (Å²) in [5, 5.41) is 5.18. The molecule has 0 bridgehead atoms. The molecule has 4 rings (SSSR count). The van der Waals surface area contributed by atoms with Crippen molar-refractivity contribution in [3.05, 3.63) is 58.6 Å². The van der Waals surface area contributed by atoms with Gasteiger partial charge in [-0.3, -0.25) is 0 Å². The lowest BCUT2D eigenvalue weighted by atomic mass is 10.0. The van der Waals surface area contributed by atoms with Crippen molar-refractivity contribution in [2.24, 2.45) is 0 Å². The Balaban J connectivity index is 1.69. The summed E-state index contributed by atoms with van der Waals surface area (Å²) in [6.07, 6.45) is 2.65. The molecule has 1 heterocycles. The minimum absolute atomic E-state index is 0.176. The van der Waals surface area contributed by atoms with Gasteiger partial charge >= 0.3 is 0 Å². The summed E-state index contributed by atoms with van der Waals surface area (Å²) in [6.45, 7) is 6.24. The molecule has 1 aliphatic rings. The number of aryl methyl sites for hydroxylation is 1. The Kier molecular flexibility index (Phi) is 4.49. The topological polar surface area (TPSA) is 34.1 Å². The molecule has 134 valence electrons. The van der Waals surface area contributed by atoms with E-state index in [-0.39, 0.29) is 6.10 Å². The lowest BCUT2D eigenvalue weighted by molar-refractivity contribution is 0.240. The van der Waals surface area contributed by atoms with Crippen LogP contribution in [0, 0.1) is 6.92 Å². The predicted octanol–water partition coefficient (Wildman–Crippen LogP) is 6.60. The Morgan fingerprint density at radius 1 is 1.15 bits per heavy atom. The molecule has 1 N–H and O–H groups in total. The van der Waals surface area contributed by atoms with Crippen molar-refractivity contribution < 1.29 is 4.74 Å². The number of fused-ring (bicyclic) bond motifs is 1. The molecule has 0 amide bonds. The van der Waals surface area contributed by atoms with E-state index in [9.17, 15) is 0 Å². The number of aromatic nitrogens is 1. The van der Waals surface area contributed by atoms with Crippen molar-refractivity contribution in [2.75, 3.05) is 5.32 Å². The zero-order valence-corrected chi connectivity index (χ0v) is 16.1. The maximum absolute atomic E-state index is 6.30. The lowest BCUT2D eigenvalue weighted by Crippen LogP contribution is -2.08. The smallest absolute Gasteiger partial charge is 0.131 e. The Bertz CT molecular complexity index is 964. The van der Waals surface area contributed by atoms with Gasteiger partial charge < -0.3 is 10.1 Å². The zero-order chi connectivity index (χ0) is 18.3. The zero-order valence-electron chi connectivity index (χ0n) is 15.3. The molecule has 0 atom stereocenters. The Morgan fingerprint density at radius 3 is 2.69 bits per heavy atom. The molecular weight excluding hydrogens is 344 g/mol. The van der Waals surface area contributed by atoms with E-state index in [1.807, 2.05) is 30.3 Å². The highest BCUT2D eigenvalue weighted by Crippen LogP contribution is 2.46. The van der Waals surface area contributed by atoms with Gasteiger partial charge in [0.2, 0.25) is 0 Å². The highest BCUT2D eigenvalue weighted by Gasteiger charge is 2.28. The number of para-hydroxylation sites is 1. The normalized spacial score (nSPS) is 14.0. The predicted molar refractivity (Wildman–Crippen MR) is 109 cm³/mol. The fraction of sp³-hybridized carbons (Fsp3) is 0.318. The Hall–Kier alpha value is -2.26. The van der Waals surface area contributed by atoms with Crippen molar-refractivity contribution in [3.63, 3.8) is 0 Å². The number of nitrogens with zero attached hydrogens (tertiary/aromatic N) is 1. The van der Waals surface area contributed by atoms with Crippen LogP contribution in [0.3, 0.4) is 0 Å². The summed E-state index contributed by atoms with van der Waals surface area (Å²) in [7, 11) is 0. The number of hydrogen-bond donors (Lipinski definition) is 1. The molecule has 1 aromatic heterocycles. The molecule has 2 aromatic carbocycles. The number of nitrogens with one attached hydrogen (secondary N) is 1. The first-order chi connectivity index (χ1) is 12.5. The van der Waals surface area contributed by atoms with Gasteiger partial charge in [-0.05, 0) is 81.0 Å². The van der Waals surface area contributed by atoms with Crippen LogP contribution in [0.15, 0.2) is 42.5 Å². The van der Waals surface area contributed by atoms with Gasteiger partial charge in [-0.25, -0.2) is 4.98 Å². The quantitative estimate of drug-likeness (QED) is 0.552. The number of ether oxygens (including phenoxy) is 1. The fourth-order valence-corrected chi connectivity index (χ4v) is 3.44. The molecule has 3 aromatic rings. The first kappa shape index (κ1) is 17.2. The minimum atomic E-state index is 0.176. The highest BCUT2D eigenvalue weighted by atomic mass is 35.5. The molecule has 1 fully saturated rings. The van der Waals surface area contributed by atoms with Gasteiger partial charge in [-0.2, -0.15) is 0 Å². The third-order valence-corrected chi connectivity index (χ3v) is 4.98. The van der Waals surface area contributed by atoms with Crippen molar-refractivity contribution in [1.29, 1.82) is 0 Å². The first-order valence-electron chi connectivity index (χ1n) is 9.15. The molecule has 1 aliphatic carbocycles. The van der Waals surface area contributed by atoms with Crippen LogP contribution in [0.5, 0.6) is 5.75 Å². The van der Waals surface area contributed by atoms with Gasteiger partial charge in [-0.1, -0.05) is 23.7 Å². The van der Waals surface area contributed by atoms with Crippen LogP contribution >= 0.6 is 11.6 Å². The molecule has 3 nitrogen and oxygen atoms in total. The molecule has 0 radical (unpaired) electrons. The van der Waals surface area contributed by atoms with E-state index in [2.05, 4.69) is 38.2 Å². The van der Waals surface area contributed by atoms with Crippen LogP contribution in [0.25, 0.3) is 10.9 Å². The van der Waals surface area contributed by atoms with E-state index in [1.165, 1.54) is 18.4 Å². The molecule has 4 heteroatoms. The number of pyridine rings is 1. The average Bonchev–Trinajstić information content (AvgIpc) is 3.42. The van der Waals surface area contributed by atoms with Crippen molar-refractivity contribution in [1.82, 2.24) is 4.98 Å². The monoisotopic (exact) mass is 366 g/mol. The number of anilines is 2. The van der Waals surface area contributed by atoms with Crippen LogP contribution in [-0.4, -0.2) is 11.1 Å². The summed E-state index contributed by atoms with van der Waals surface area (Å²) < 4.78 is 6.05. The third-order valence-electron chi connectivity index (χ3n) is 4.67. The van der Waals surface area contributed by atoms with Crippen molar-refractivity contribution in [3.8, 4) is 5.75 Å². The molecule has 0 spiro atoms. The molecule has 0 saturated heterocycles. The van der Waals surface area contributed by atoms with Gasteiger partial charge in [0, 0.05) is 11.1 Å². The largest absolute Gasteiger partial charge is 0.491 e. The van der Waals surface area contributed by atoms with Crippen LogP contribution in [0.2, 0.25) is 5.02 Å². The molecular formula is C22H23ClN2O. The Morgan fingerprint density at radius 2 is 1.96 bits per heavy atom. The Labute approximate surface area is 159 Å². The second-order valence-electron chi connectivity index (χ2n) is 7.28. The first-order valence-corrected chi connectivity index (χ1v) is 9.52. The number of halogens is 1. The second kappa shape index (κ2) is 6.81.